The normalized spacial score (nSPS) is 11.8. The number of aromatic hydroxyl groups is 1. The summed E-state index contributed by atoms with van der Waals surface area (Å²) in [5.41, 5.74) is 0.155. The Hall–Kier alpha value is -3.33. The van der Waals surface area contributed by atoms with Crippen LogP contribution in [0.4, 0.5) is 0 Å². The smallest absolute Gasteiger partial charge is 0.396 e. The highest BCUT2D eigenvalue weighted by Crippen LogP contribution is 2.38. The van der Waals surface area contributed by atoms with Crippen molar-refractivity contribution in [2.75, 3.05) is 46.9 Å². The summed E-state index contributed by atoms with van der Waals surface area (Å²) in [6.45, 7) is 0.362. The third-order valence-electron chi connectivity index (χ3n) is 5.09. The fourth-order valence-electron chi connectivity index (χ4n) is 3.33. The number of fused-ring (bicyclic) bond motifs is 1. The van der Waals surface area contributed by atoms with E-state index in [4.69, 9.17) is 18.6 Å². The Labute approximate surface area is 188 Å². The zero-order valence-corrected chi connectivity index (χ0v) is 19.4. The molecule has 1 amide bonds. The van der Waals surface area contributed by atoms with Crippen LogP contribution >= 0.6 is 0 Å². The van der Waals surface area contributed by atoms with Gasteiger partial charge in [0.1, 0.15) is 17.6 Å². The van der Waals surface area contributed by atoms with Gasteiger partial charge in [-0.1, -0.05) is 12.1 Å². The summed E-state index contributed by atoms with van der Waals surface area (Å²) in [4.78, 5) is 27.2. The van der Waals surface area contributed by atoms with Crippen molar-refractivity contribution in [3.8, 4) is 23.0 Å². The van der Waals surface area contributed by atoms with E-state index in [-0.39, 0.29) is 16.6 Å². The maximum Gasteiger partial charge on any atom is 0.396 e. The predicted molar refractivity (Wildman–Crippen MR) is 124 cm³/mol. The Balaban J connectivity index is 1.79. The fraction of sp³-hybridized carbons (Fsp3) is 0.304. The molecular formula is C23H26NO7S+. The van der Waals surface area contributed by atoms with E-state index in [1.807, 2.05) is 6.26 Å². The summed E-state index contributed by atoms with van der Waals surface area (Å²) in [6.07, 6.45) is 1.85. The van der Waals surface area contributed by atoms with Crippen molar-refractivity contribution in [3.05, 3.63) is 52.4 Å². The minimum Gasteiger partial charge on any atom is -0.503 e. The van der Waals surface area contributed by atoms with Crippen molar-refractivity contribution >= 4 is 27.8 Å². The molecule has 2 aromatic carbocycles. The second-order valence-electron chi connectivity index (χ2n) is 7.05. The molecule has 1 unspecified atom stereocenters. The van der Waals surface area contributed by atoms with Crippen molar-refractivity contribution in [2.24, 2.45) is 0 Å². The molecule has 1 N–H and O–H groups in total. The second-order valence-corrected chi connectivity index (χ2v) is 9.14. The molecule has 1 aromatic heterocycles. The van der Waals surface area contributed by atoms with Crippen molar-refractivity contribution in [1.82, 2.24) is 4.90 Å². The van der Waals surface area contributed by atoms with E-state index in [9.17, 15) is 14.7 Å². The summed E-state index contributed by atoms with van der Waals surface area (Å²) in [6, 6.07) is 10.0. The van der Waals surface area contributed by atoms with Gasteiger partial charge in [-0.2, -0.15) is 0 Å². The number of para-hydroxylation sites is 1. The number of benzene rings is 2. The van der Waals surface area contributed by atoms with Gasteiger partial charge in [0.2, 0.25) is 5.75 Å². The largest absolute Gasteiger partial charge is 0.503 e. The first kappa shape index (κ1) is 23.3. The maximum absolute atomic E-state index is 13.0. The van der Waals surface area contributed by atoms with Gasteiger partial charge in [-0.25, -0.2) is 4.79 Å². The Bertz CT molecular complexity index is 1170. The summed E-state index contributed by atoms with van der Waals surface area (Å²) < 4.78 is 21.3. The van der Waals surface area contributed by atoms with Crippen molar-refractivity contribution in [3.63, 3.8) is 0 Å². The van der Waals surface area contributed by atoms with Crippen LogP contribution < -0.4 is 19.8 Å². The van der Waals surface area contributed by atoms with E-state index >= 15 is 0 Å². The van der Waals surface area contributed by atoms with Crippen LogP contribution in [0.25, 0.3) is 11.0 Å². The lowest BCUT2D eigenvalue weighted by molar-refractivity contribution is 0.0802. The molecule has 0 saturated carbocycles. The Morgan fingerprint density at radius 2 is 1.72 bits per heavy atom. The molecule has 0 aliphatic heterocycles. The topological polar surface area (TPSA) is 98.4 Å². The van der Waals surface area contributed by atoms with Gasteiger partial charge in [-0.05, 0) is 24.3 Å². The molecule has 3 rings (SSSR count). The highest BCUT2D eigenvalue weighted by Gasteiger charge is 2.29. The van der Waals surface area contributed by atoms with Crippen LogP contribution in [0.5, 0.6) is 23.0 Å². The third kappa shape index (κ3) is 4.47. The molecule has 0 radical (unpaired) electrons. The second kappa shape index (κ2) is 9.86. The zero-order chi connectivity index (χ0) is 23.4. The van der Waals surface area contributed by atoms with Gasteiger partial charge in [-0.15, -0.1) is 0 Å². The van der Waals surface area contributed by atoms with Crippen molar-refractivity contribution in [1.29, 1.82) is 0 Å². The lowest BCUT2D eigenvalue weighted by Crippen LogP contribution is -2.32. The molecule has 0 bridgehead atoms. The van der Waals surface area contributed by atoms with Crippen LogP contribution in [-0.4, -0.2) is 62.8 Å². The molecule has 0 saturated heterocycles. The molecule has 9 heteroatoms. The first-order valence-corrected chi connectivity index (χ1v) is 11.5. The first-order chi connectivity index (χ1) is 15.3. The van der Waals surface area contributed by atoms with Crippen molar-refractivity contribution in [2.45, 2.75) is 4.90 Å². The van der Waals surface area contributed by atoms with Crippen LogP contribution in [0.3, 0.4) is 0 Å². The lowest BCUT2D eigenvalue weighted by atomic mass is 10.1. The molecule has 0 fully saturated rings. The van der Waals surface area contributed by atoms with Gasteiger partial charge in [0.05, 0.1) is 33.3 Å². The number of hydrogen-bond donors (Lipinski definition) is 1. The summed E-state index contributed by atoms with van der Waals surface area (Å²) in [5, 5.41) is 11.1. The predicted octanol–water partition coefficient (Wildman–Crippen LogP) is 2.90. The summed E-state index contributed by atoms with van der Waals surface area (Å²) in [7, 11) is 5.50. The quantitative estimate of drug-likeness (QED) is 0.408. The fourth-order valence-corrected chi connectivity index (χ4v) is 4.84. The number of carbonyl (C=O) groups is 1. The number of nitrogens with zero attached hydrogens (tertiary/aromatic N) is 1. The van der Waals surface area contributed by atoms with Crippen molar-refractivity contribution < 1.29 is 28.5 Å². The summed E-state index contributed by atoms with van der Waals surface area (Å²) >= 11 is 0. The minimum atomic E-state index is -0.643. The van der Waals surface area contributed by atoms with Gasteiger partial charge >= 0.3 is 5.63 Å². The Morgan fingerprint density at radius 3 is 2.31 bits per heavy atom. The molecule has 1 atom stereocenters. The molecule has 0 aliphatic carbocycles. The van der Waals surface area contributed by atoms with Crippen LogP contribution in [-0.2, 0) is 10.9 Å². The molecule has 0 aliphatic rings. The monoisotopic (exact) mass is 460 g/mol. The zero-order valence-electron chi connectivity index (χ0n) is 18.6. The maximum atomic E-state index is 13.0. The van der Waals surface area contributed by atoms with Crippen LogP contribution in [0.2, 0.25) is 0 Å². The lowest BCUT2D eigenvalue weighted by Gasteiger charge is -2.19. The standard InChI is InChI=1S/C23H25NO7S/c1-24(22(26)14-12-17(28-2)20(30-4)18(13-14)29-3)10-11-32(5)21-19(25)15-8-6-7-9-16(15)31-23(21)27/h6-9,12-13H,10-11H2,1-5H3/p+1. The molecule has 170 valence electrons. The van der Waals surface area contributed by atoms with Crippen LogP contribution in [0.15, 0.2) is 50.5 Å². The number of rotatable bonds is 8. The molecule has 8 nitrogen and oxygen atoms in total. The molecule has 32 heavy (non-hydrogen) atoms. The van der Waals surface area contributed by atoms with E-state index in [1.54, 1.807) is 48.3 Å². The minimum absolute atomic E-state index is 0.0682. The van der Waals surface area contributed by atoms with Gasteiger partial charge in [0.15, 0.2) is 17.2 Å². The highest BCUT2D eigenvalue weighted by molar-refractivity contribution is 7.96. The molecular weight excluding hydrogens is 434 g/mol. The van der Waals surface area contributed by atoms with Gasteiger partial charge in [0.25, 0.3) is 10.8 Å². The van der Waals surface area contributed by atoms with Gasteiger partial charge in [-0.3, -0.25) is 4.79 Å². The van der Waals surface area contributed by atoms with Crippen LogP contribution in [0, 0.1) is 0 Å². The number of amides is 1. The number of hydrogen-bond acceptors (Lipinski definition) is 7. The number of ether oxygens (including phenoxy) is 3. The molecule has 3 aromatic rings. The number of carbonyl (C=O) groups excluding carboxylic acids is 1. The summed E-state index contributed by atoms with van der Waals surface area (Å²) in [5.74, 6) is 1.35. The van der Waals surface area contributed by atoms with E-state index in [0.717, 1.165) is 0 Å². The Kier molecular flexibility index (Phi) is 7.19. The van der Waals surface area contributed by atoms with Gasteiger partial charge in [0, 0.05) is 23.5 Å². The highest BCUT2D eigenvalue weighted by atomic mass is 32.2. The number of methoxy groups -OCH3 is 3. The SMILES string of the molecule is COc1cc(C(=O)N(C)CC[S+](C)c2c(O)c3ccccc3oc2=O)cc(OC)c1OC. The Morgan fingerprint density at radius 1 is 1.09 bits per heavy atom. The third-order valence-corrected chi connectivity index (χ3v) is 6.94. The van der Waals surface area contributed by atoms with E-state index in [2.05, 4.69) is 0 Å². The van der Waals surface area contributed by atoms with Crippen LogP contribution in [0.1, 0.15) is 10.4 Å². The van der Waals surface area contributed by atoms with Gasteiger partial charge < -0.3 is 28.6 Å². The first-order valence-electron chi connectivity index (χ1n) is 9.75. The van der Waals surface area contributed by atoms with E-state index in [1.165, 1.54) is 21.3 Å². The molecule has 1 heterocycles. The van der Waals surface area contributed by atoms with E-state index in [0.29, 0.717) is 46.1 Å². The average molecular weight is 461 g/mol. The average Bonchev–Trinajstić information content (AvgIpc) is 2.80. The molecule has 0 spiro atoms. The van der Waals surface area contributed by atoms with E-state index < -0.39 is 16.5 Å².